The molecule has 6 rings (SSSR count). The van der Waals surface area contributed by atoms with E-state index in [9.17, 15) is 0 Å². The lowest BCUT2D eigenvalue weighted by Crippen LogP contribution is -2.37. The lowest BCUT2D eigenvalue weighted by Gasteiger charge is -2.28. The molecule has 5 heterocycles. The SMILES string of the molecule is Cc1nc2ccccc2n1-c1nc(N2CCOCC2)c2nc(CN3CCCC(C)CC3)n(C)c2n1. The Kier molecular flexibility index (Phi) is 5.89. The summed E-state index contributed by atoms with van der Waals surface area (Å²) in [5, 5.41) is 0. The van der Waals surface area contributed by atoms with Crippen LogP contribution < -0.4 is 4.90 Å². The Bertz CT molecular complexity index is 1350. The van der Waals surface area contributed by atoms with Crippen molar-refractivity contribution in [1.82, 2.24) is 34.0 Å². The van der Waals surface area contributed by atoms with E-state index < -0.39 is 0 Å². The fourth-order valence-corrected chi connectivity index (χ4v) is 5.40. The van der Waals surface area contributed by atoms with Crippen molar-refractivity contribution in [3.8, 4) is 5.95 Å². The quantitative estimate of drug-likeness (QED) is 0.448. The third kappa shape index (κ3) is 4.16. The first kappa shape index (κ1) is 22.4. The van der Waals surface area contributed by atoms with Crippen molar-refractivity contribution < 1.29 is 4.74 Å². The number of hydrogen-bond donors (Lipinski definition) is 0. The van der Waals surface area contributed by atoms with Crippen LogP contribution in [0.3, 0.4) is 0 Å². The number of morpholine rings is 1. The van der Waals surface area contributed by atoms with Gasteiger partial charge in [-0.05, 0) is 57.3 Å². The summed E-state index contributed by atoms with van der Waals surface area (Å²) in [6.07, 6.45) is 3.81. The molecule has 35 heavy (non-hydrogen) atoms. The average Bonchev–Trinajstić information content (AvgIpc) is 3.28. The van der Waals surface area contributed by atoms with Gasteiger partial charge in [0, 0.05) is 20.1 Å². The molecule has 3 aromatic heterocycles. The van der Waals surface area contributed by atoms with Gasteiger partial charge in [0.05, 0.1) is 30.8 Å². The van der Waals surface area contributed by atoms with E-state index in [0.717, 1.165) is 78.3 Å². The highest BCUT2D eigenvalue weighted by Gasteiger charge is 2.25. The number of hydrogen-bond acceptors (Lipinski definition) is 7. The Balaban J connectivity index is 1.47. The number of aryl methyl sites for hydroxylation is 2. The summed E-state index contributed by atoms with van der Waals surface area (Å²) in [6, 6.07) is 8.15. The molecule has 2 saturated heterocycles. The van der Waals surface area contributed by atoms with Gasteiger partial charge in [0.2, 0.25) is 5.95 Å². The molecule has 0 amide bonds. The standard InChI is InChI=1S/C26H34N8O/c1-18-7-6-11-32(12-10-18)17-22-28-23-24(31(22)3)29-26(30-25(23)33-13-15-35-16-14-33)34-19(2)27-20-8-4-5-9-21(20)34/h4-5,8-9,18H,6-7,10-17H2,1-3H3. The topological polar surface area (TPSA) is 77.1 Å². The smallest absolute Gasteiger partial charge is 0.239 e. The lowest BCUT2D eigenvalue weighted by molar-refractivity contribution is 0.122. The van der Waals surface area contributed by atoms with Crippen LogP contribution in [0.2, 0.25) is 0 Å². The van der Waals surface area contributed by atoms with Crippen LogP contribution in [0.4, 0.5) is 5.82 Å². The van der Waals surface area contributed by atoms with Crippen LogP contribution >= 0.6 is 0 Å². The van der Waals surface area contributed by atoms with Gasteiger partial charge in [-0.2, -0.15) is 9.97 Å². The third-order valence-corrected chi connectivity index (χ3v) is 7.49. The summed E-state index contributed by atoms with van der Waals surface area (Å²) in [5.41, 5.74) is 3.70. The van der Waals surface area contributed by atoms with Crippen molar-refractivity contribution >= 4 is 28.0 Å². The predicted molar refractivity (Wildman–Crippen MR) is 137 cm³/mol. The molecule has 0 radical (unpaired) electrons. The molecule has 1 unspecified atom stereocenters. The van der Waals surface area contributed by atoms with Gasteiger partial charge in [-0.25, -0.2) is 9.97 Å². The fraction of sp³-hybridized carbons (Fsp3) is 0.538. The molecule has 0 bridgehead atoms. The predicted octanol–water partition coefficient (Wildman–Crippen LogP) is 3.47. The minimum atomic E-state index is 0.642. The summed E-state index contributed by atoms with van der Waals surface area (Å²) < 4.78 is 9.85. The molecule has 9 heteroatoms. The number of para-hydroxylation sites is 2. The van der Waals surface area contributed by atoms with Gasteiger partial charge in [-0.3, -0.25) is 9.47 Å². The number of fused-ring (bicyclic) bond motifs is 2. The summed E-state index contributed by atoms with van der Waals surface area (Å²) in [6.45, 7) is 10.4. The number of nitrogens with zero attached hydrogens (tertiary/aromatic N) is 8. The molecule has 0 N–H and O–H groups in total. The van der Waals surface area contributed by atoms with Gasteiger partial charge < -0.3 is 14.2 Å². The van der Waals surface area contributed by atoms with Gasteiger partial charge in [-0.15, -0.1) is 0 Å². The molecule has 4 aromatic rings. The number of ether oxygens (including phenoxy) is 1. The molecule has 184 valence electrons. The van der Waals surface area contributed by atoms with Crippen LogP contribution in [-0.2, 0) is 18.3 Å². The Morgan fingerprint density at radius 1 is 0.971 bits per heavy atom. The Labute approximate surface area is 205 Å². The number of benzene rings is 1. The highest BCUT2D eigenvalue weighted by atomic mass is 16.5. The maximum absolute atomic E-state index is 5.63. The molecule has 2 fully saturated rings. The van der Waals surface area contributed by atoms with E-state index in [4.69, 9.17) is 24.7 Å². The Hall–Kier alpha value is -3.04. The van der Waals surface area contributed by atoms with Gasteiger partial charge in [0.1, 0.15) is 11.6 Å². The van der Waals surface area contributed by atoms with Crippen LogP contribution in [0.25, 0.3) is 28.1 Å². The van der Waals surface area contributed by atoms with Crippen molar-refractivity contribution in [2.75, 3.05) is 44.3 Å². The van der Waals surface area contributed by atoms with E-state index in [2.05, 4.69) is 39.0 Å². The zero-order chi connectivity index (χ0) is 23.9. The highest BCUT2D eigenvalue weighted by Crippen LogP contribution is 2.29. The van der Waals surface area contributed by atoms with Crippen molar-refractivity contribution in [3.63, 3.8) is 0 Å². The Morgan fingerprint density at radius 3 is 2.66 bits per heavy atom. The lowest BCUT2D eigenvalue weighted by atomic mass is 10.0. The monoisotopic (exact) mass is 474 g/mol. The van der Waals surface area contributed by atoms with Crippen molar-refractivity contribution in [2.45, 2.75) is 39.7 Å². The first-order chi connectivity index (χ1) is 17.1. The molecule has 0 aliphatic carbocycles. The molecular weight excluding hydrogens is 440 g/mol. The normalized spacial score (nSPS) is 20.1. The second-order valence-corrected chi connectivity index (χ2v) is 10.0. The summed E-state index contributed by atoms with van der Waals surface area (Å²) in [5.74, 6) is 4.25. The zero-order valence-electron chi connectivity index (χ0n) is 20.9. The van der Waals surface area contributed by atoms with Crippen molar-refractivity contribution in [3.05, 3.63) is 35.9 Å². The number of imidazole rings is 2. The maximum Gasteiger partial charge on any atom is 0.239 e. The summed E-state index contributed by atoms with van der Waals surface area (Å²) in [7, 11) is 2.09. The molecule has 2 aliphatic rings. The number of aromatic nitrogens is 6. The Morgan fingerprint density at radius 2 is 1.80 bits per heavy atom. The maximum atomic E-state index is 5.63. The highest BCUT2D eigenvalue weighted by molar-refractivity contribution is 5.86. The van der Waals surface area contributed by atoms with E-state index in [1.165, 1.54) is 19.3 Å². The van der Waals surface area contributed by atoms with Gasteiger partial charge in [0.25, 0.3) is 0 Å². The van der Waals surface area contributed by atoms with Crippen molar-refractivity contribution in [2.24, 2.45) is 13.0 Å². The molecule has 0 saturated carbocycles. The molecule has 2 aliphatic heterocycles. The largest absolute Gasteiger partial charge is 0.378 e. The number of rotatable bonds is 4. The van der Waals surface area contributed by atoms with Crippen LogP contribution in [-0.4, -0.2) is 73.4 Å². The summed E-state index contributed by atoms with van der Waals surface area (Å²) in [4.78, 5) is 24.9. The minimum absolute atomic E-state index is 0.642. The molecule has 1 atom stereocenters. The molecule has 1 aromatic carbocycles. The van der Waals surface area contributed by atoms with Crippen LogP contribution in [0.1, 0.15) is 37.8 Å². The first-order valence-corrected chi connectivity index (χ1v) is 12.8. The van der Waals surface area contributed by atoms with E-state index in [-0.39, 0.29) is 0 Å². The second kappa shape index (κ2) is 9.20. The van der Waals surface area contributed by atoms with Crippen molar-refractivity contribution in [1.29, 1.82) is 0 Å². The van der Waals surface area contributed by atoms with E-state index in [1.54, 1.807) is 0 Å². The third-order valence-electron chi connectivity index (χ3n) is 7.49. The first-order valence-electron chi connectivity index (χ1n) is 12.8. The fourth-order valence-electron chi connectivity index (χ4n) is 5.40. The number of anilines is 1. The van der Waals surface area contributed by atoms with E-state index in [1.807, 2.05) is 25.1 Å². The zero-order valence-corrected chi connectivity index (χ0v) is 20.9. The summed E-state index contributed by atoms with van der Waals surface area (Å²) >= 11 is 0. The minimum Gasteiger partial charge on any atom is -0.378 e. The van der Waals surface area contributed by atoms with Gasteiger partial charge in [-0.1, -0.05) is 19.1 Å². The van der Waals surface area contributed by atoms with E-state index >= 15 is 0 Å². The second-order valence-electron chi connectivity index (χ2n) is 10.0. The number of likely N-dealkylation sites (tertiary alicyclic amines) is 1. The van der Waals surface area contributed by atoms with Crippen LogP contribution in [0.5, 0.6) is 0 Å². The molecule has 9 nitrogen and oxygen atoms in total. The average molecular weight is 475 g/mol. The van der Waals surface area contributed by atoms with Crippen LogP contribution in [0, 0.1) is 12.8 Å². The van der Waals surface area contributed by atoms with Gasteiger partial charge >= 0.3 is 0 Å². The van der Waals surface area contributed by atoms with Crippen LogP contribution in [0.15, 0.2) is 24.3 Å². The van der Waals surface area contributed by atoms with Gasteiger partial charge in [0.15, 0.2) is 17.0 Å². The molecular formula is C26H34N8O. The van der Waals surface area contributed by atoms with E-state index in [0.29, 0.717) is 19.2 Å². The molecule has 0 spiro atoms.